The third kappa shape index (κ3) is 3.63. The molecule has 1 N–H and O–H groups in total. The summed E-state index contributed by atoms with van der Waals surface area (Å²) in [6, 6.07) is -0.0116. The van der Waals surface area contributed by atoms with E-state index in [4.69, 9.17) is 4.74 Å². The van der Waals surface area contributed by atoms with Crippen molar-refractivity contribution in [2.24, 2.45) is 0 Å². The van der Waals surface area contributed by atoms with Crippen molar-refractivity contribution in [2.45, 2.75) is 25.9 Å². The number of hydrogen-bond donors (Lipinski definition) is 1. The Balaban J connectivity index is 2.30. The molecule has 0 aromatic carbocycles. The Morgan fingerprint density at radius 3 is 3.05 bits per heavy atom. The highest BCUT2D eigenvalue weighted by molar-refractivity contribution is 9.10. The lowest BCUT2D eigenvalue weighted by Crippen LogP contribution is -2.27. The Labute approximate surface area is 130 Å². The molecule has 6 nitrogen and oxygen atoms in total. The van der Waals surface area contributed by atoms with Gasteiger partial charge in [-0.15, -0.1) is 5.10 Å². The lowest BCUT2D eigenvalue weighted by Gasteiger charge is -2.18. The second-order valence-corrected chi connectivity index (χ2v) is 5.77. The summed E-state index contributed by atoms with van der Waals surface area (Å²) < 4.78 is 12.0. The third-order valence-electron chi connectivity index (χ3n) is 2.89. The van der Waals surface area contributed by atoms with E-state index in [1.54, 1.807) is 7.11 Å². The smallest absolute Gasteiger partial charge is 0.0986 e. The van der Waals surface area contributed by atoms with Gasteiger partial charge in [0.05, 0.1) is 41.3 Å². The van der Waals surface area contributed by atoms with Crippen LogP contribution in [0.5, 0.6) is 0 Å². The van der Waals surface area contributed by atoms with Crippen molar-refractivity contribution in [3.8, 4) is 0 Å². The molecule has 0 amide bonds. The Morgan fingerprint density at radius 2 is 2.40 bits per heavy atom. The quantitative estimate of drug-likeness (QED) is 0.782. The molecule has 2 aromatic heterocycles. The highest BCUT2D eigenvalue weighted by Crippen LogP contribution is 2.28. The number of aromatic nitrogens is 4. The van der Waals surface area contributed by atoms with Gasteiger partial charge in [-0.2, -0.15) is 5.10 Å². The SMILES string of the molecule is CCCNC(c1csnn1)c1c(Br)cnn1CCOC. The minimum atomic E-state index is -0.0116. The van der Waals surface area contributed by atoms with Gasteiger partial charge < -0.3 is 10.1 Å². The number of rotatable bonds is 8. The maximum absolute atomic E-state index is 5.14. The minimum absolute atomic E-state index is 0.0116. The normalized spacial score (nSPS) is 12.8. The van der Waals surface area contributed by atoms with Crippen LogP contribution in [0.2, 0.25) is 0 Å². The van der Waals surface area contributed by atoms with Gasteiger partial charge in [-0.3, -0.25) is 4.68 Å². The summed E-state index contributed by atoms with van der Waals surface area (Å²) in [6.45, 7) is 4.38. The highest BCUT2D eigenvalue weighted by Gasteiger charge is 2.23. The summed E-state index contributed by atoms with van der Waals surface area (Å²) in [7, 11) is 1.69. The van der Waals surface area contributed by atoms with E-state index >= 15 is 0 Å². The molecule has 0 fully saturated rings. The largest absolute Gasteiger partial charge is 0.383 e. The van der Waals surface area contributed by atoms with E-state index in [0.717, 1.165) is 28.8 Å². The summed E-state index contributed by atoms with van der Waals surface area (Å²) in [6.07, 6.45) is 2.86. The van der Waals surface area contributed by atoms with Crippen LogP contribution in [0, 0.1) is 0 Å². The maximum atomic E-state index is 5.14. The van der Waals surface area contributed by atoms with Crippen LogP contribution in [0.15, 0.2) is 16.0 Å². The van der Waals surface area contributed by atoms with E-state index in [1.165, 1.54) is 11.5 Å². The topological polar surface area (TPSA) is 64.9 Å². The molecule has 0 saturated carbocycles. The number of ether oxygens (including phenoxy) is 1. The first kappa shape index (κ1) is 15.6. The molecule has 20 heavy (non-hydrogen) atoms. The Hall–Kier alpha value is -0.830. The van der Waals surface area contributed by atoms with E-state index in [2.05, 4.69) is 42.9 Å². The molecule has 110 valence electrons. The van der Waals surface area contributed by atoms with Crippen molar-refractivity contribution in [3.63, 3.8) is 0 Å². The van der Waals surface area contributed by atoms with E-state index in [1.807, 2.05) is 16.3 Å². The van der Waals surface area contributed by atoms with Crippen LogP contribution in [-0.2, 0) is 11.3 Å². The molecule has 8 heteroatoms. The zero-order valence-electron chi connectivity index (χ0n) is 11.5. The average Bonchev–Trinajstić information content (AvgIpc) is 3.09. The summed E-state index contributed by atoms with van der Waals surface area (Å²) in [5.41, 5.74) is 1.98. The van der Waals surface area contributed by atoms with Crippen molar-refractivity contribution in [1.82, 2.24) is 24.7 Å². The van der Waals surface area contributed by atoms with E-state index in [-0.39, 0.29) is 6.04 Å². The zero-order valence-corrected chi connectivity index (χ0v) is 13.9. The average molecular weight is 360 g/mol. The lowest BCUT2D eigenvalue weighted by atomic mass is 10.1. The first-order valence-corrected chi connectivity index (χ1v) is 8.11. The molecule has 0 radical (unpaired) electrons. The van der Waals surface area contributed by atoms with Gasteiger partial charge in [-0.1, -0.05) is 11.4 Å². The van der Waals surface area contributed by atoms with Crippen molar-refractivity contribution in [1.29, 1.82) is 0 Å². The molecule has 2 rings (SSSR count). The molecule has 1 atom stereocenters. The molecule has 0 bridgehead atoms. The Bertz CT molecular complexity index is 516. The molecule has 2 aromatic rings. The second kappa shape index (κ2) is 7.82. The van der Waals surface area contributed by atoms with Crippen molar-refractivity contribution in [3.05, 3.63) is 27.4 Å². The molecule has 0 spiro atoms. The van der Waals surface area contributed by atoms with Gasteiger partial charge in [0.2, 0.25) is 0 Å². The summed E-state index contributed by atoms with van der Waals surface area (Å²) in [4.78, 5) is 0. The Kier molecular flexibility index (Phi) is 6.08. The predicted octanol–water partition coefficient (Wildman–Crippen LogP) is 2.23. The van der Waals surface area contributed by atoms with Crippen LogP contribution in [0.3, 0.4) is 0 Å². The molecule has 0 aliphatic carbocycles. The fourth-order valence-corrected chi connectivity index (χ4v) is 2.95. The van der Waals surface area contributed by atoms with Gasteiger partial charge in [0.25, 0.3) is 0 Å². The second-order valence-electron chi connectivity index (χ2n) is 4.31. The molecular formula is C12H18BrN5OS. The first-order chi connectivity index (χ1) is 9.77. The van der Waals surface area contributed by atoms with Crippen molar-refractivity contribution >= 4 is 27.5 Å². The number of hydrogen-bond acceptors (Lipinski definition) is 6. The van der Waals surface area contributed by atoms with E-state index in [0.29, 0.717) is 13.2 Å². The van der Waals surface area contributed by atoms with Crippen molar-refractivity contribution in [2.75, 3.05) is 20.3 Å². The van der Waals surface area contributed by atoms with Crippen LogP contribution in [0.4, 0.5) is 0 Å². The molecule has 1 unspecified atom stereocenters. The van der Waals surface area contributed by atoms with Gasteiger partial charge in [-0.25, -0.2) is 0 Å². The summed E-state index contributed by atoms with van der Waals surface area (Å²) >= 11 is 4.94. The van der Waals surface area contributed by atoms with Crippen LogP contribution >= 0.6 is 27.5 Å². The number of nitrogens with one attached hydrogen (secondary N) is 1. The predicted molar refractivity (Wildman–Crippen MR) is 81.8 cm³/mol. The maximum Gasteiger partial charge on any atom is 0.0986 e. The lowest BCUT2D eigenvalue weighted by molar-refractivity contribution is 0.182. The van der Waals surface area contributed by atoms with Gasteiger partial charge in [0.1, 0.15) is 0 Å². The summed E-state index contributed by atoms with van der Waals surface area (Å²) in [5.74, 6) is 0. The van der Waals surface area contributed by atoms with Crippen LogP contribution < -0.4 is 5.32 Å². The number of methoxy groups -OCH3 is 1. The molecule has 0 aliphatic rings. The number of halogens is 1. The van der Waals surface area contributed by atoms with Crippen molar-refractivity contribution < 1.29 is 4.74 Å². The van der Waals surface area contributed by atoms with Gasteiger partial charge >= 0.3 is 0 Å². The fourth-order valence-electron chi connectivity index (χ4n) is 1.94. The first-order valence-electron chi connectivity index (χ1n) is 6.48. The molecule has 2 heterocycles. The van der Waals surface area contributed by atoms with Crippen LogP contribution in [-0.4, -0.2) is 39.6 Å². The monoisotopic (exact) mass is 359 g/mol. The van der Waals surface area contributed by atoms with Crippen LogP contribution in [0.1, 0.15) is 30.8 Å². The fraction of sp³-hybridized carbons (Fsp3) is 0.583. The molecule has 0 saturated heterocycles. The zero-order chi connectivity index (χ0) is 14.4. The molecule has 0 aliphatic heterocycles. The third-order valence-corrected chi connectivity index (χ3v) is 4.02. The van der Waals surface area contributed by atoms with E-state index in [9.17, 15) is 0 Å². The number of nitrogens with zero attached hydrogens (tertiary/aromatic N) is 4. The van der Waals surface area contributed by atoms with Gasteiger partial charge in [-0.05, 0) is 40.4 Å². The minimum Gasteiger partial charge on any atom is -0.383 e. The van der Waals surface area contributed by atoms with Gasteiger partial charge in [0.15, 0.2) is 0 Å². The highest BCUT2D eigenvalue weighted by atomic mass is 79.9. The van der Waals surface area contributed by atoms with E-state index < -0.39 is 0 Å². The summed E-state index contributed by atoms with van der Waals surface area (Å²) in [5, 5.41) is 14.1. The standard InChI is InChI=1S/C12H18BrN5OS/c1-3-4-14-11(10-8-20-17-16-10)12-9(13)7-15-18(12)5-6-19-2/h7-8,11,14H,3-6H2,1-2H3. The van der Waals surface area contributed by atoms with Crippen LogP contribution in [0.25, 0.3) is 0 Å². The Morgan fingerprint density at radius 1 is 1.55 bits per heavy atom. The van der Waals surface area contributed by atoms with Gasteiger partial charge in [0, 0.05) is 12.5 Å². The molecular weight excluding hydrogens is 342 g/mol.